The van der Waals surface area contributed by atoms with Crippen LogP contribution in [0, 0.1) is 0 Å². The minimum atomic E-state index is -4.44. The van der Waals surface area contributed by atoms with Crippen molar-refractivity contribution in [3.8, 4) is 0 Å². The summed E-state index contributed by atoms with van der Waals surface area (Å²) in [6.45, 7) is 7.02. The van der Waals surface area contributed by atoms with Crippen LogP contribution in [0.25, 0.3) is 0 Å². The molecule has 3 unspecified atom stereocenters. The maximum absolute atomic E-state index is 13.5. The minimum absolute atomic E-state index is 0.0423. The van der Waals surface area contributed by atoms with Gasteiger partial charge in [-0.25, -0.2) is 4.57 Å². The van der Waals surface area contributed by atoms with Crippen molar-refractivity contribution in [1.82, 2.24) is 5.32 Å². The monoisotopic (exact) mass is 1050 g/mol. The number of hydrogen-bond donors (Lipinski definition) is 2. The topological polar surface area (TPSA) is 111 Å². The number of quaternary nitrogens is 1. The van der Waals surface area contributed by atoms with Crippen molar-refractivity contribution in [3.63, 3.8) is 0 Å². The molecule has 0 bridgehead atoms. The average molecular weight is 1050 g/mol. The highest BCUT2D eigenvalue weighted by atomic mass is 31.2. The molecular formula is C63H122N2O7P+. The number of ether oxygens (including phenoxy) is 1. The molecule has 0 radical (unpaired) electrons. The van der Waals surface area contributed by atoms with E-state index in [1.54, 1.807) is 0 Å². The third-order valence-electron chi connectivity index (χ3n) is 14.1. The Morgan fingerprint density at radius 1 is 0.479 bits per heavy atom. The molecule has 0 fully saturated rings. The fourth-order valence-corrected chi connectivity index (χ4v) is 9.94. The SMILES string of the molecule is CCCCC/C=C\C/C=C\CCCCCCCCCCCCCC(=O)NC(COP(=O)(O)OCC[N+](C)(C)C)C(/C=C\CCCCCCCCCCCCC)OC(=O)CCCCCCCCCCCCCCC. The molecule has 0 aliphatic rings. The Hall–Kier alpha value is -1.77. The summed E-state index contributed by atoms with van der Waals surface area (Å²) in [5.74, 6) is -0.494. The Bertz CT molecular complexity index is 1350. The number of phosphoric acid groups is 1. The predicted octanol–water partition coefficient (Wildman–Crippen LogP) is 19.1. The summed E-state index contributed by atoms with van der Waals surface area (Å²) in [5, 5.41) is 3.06. The molecule has 0 aliphatic carbocycles. The zero-order valence-corrected chi connectivity index (χ0v) is 50.0. The van der Waals surface area contributed by atoms with Crippen molar-refractivity contribution in [2.45, 2.75) is 315 Å². The van der Waals surface area contributed by atoms with Crippen molar-refractivity contribution in [2.75, 3.05) is 40.9 Å². The summed E-state index contributed by atoms with van der Waals surface area (Å²) in [6.07, 6.45) is 64.2. The second kappa shape index (κ2) is 53.6. The molecular weight excluding hydrogens is 928 g/mol. The average Bonchev–Trinajstić information content (AvgIpc) is 3.35. The number of amides is 1. The Balaban J connectivity index is 5.21. The quantitative estimate of drug-likeness (QED) is 0.0205. The van der Waals surface area contributed by atoms with Gasteiger partial charge in [-0.05, 0) is 63.9 Å². The molecule has 0 rings (SSSR count). The van der Waals surface area contributed by atoms with E-state index in [9.17, 15) is 19.0 Å². The molecule has 0 aliphatic heterocycles. The lowest BCUT2D eigenvalue weighted by Crippen LogP contribution is -2.47. The van der Waals surface area contributed by atoms with Gasteiger partial charge in [-0.3, -0.25) is 18.6 Å². The molecule has 10 heteroatoms. The van der Waals surface area contributed by atoms with Gasteiger partial charge in [0.25, 0.3) is 0 Å². The number of allylic oxidation sites excluding steroid dienone is 5. The van der Waals surface area contributed by atoms with Crippen LogP contribution in [-0.4, -0.2) is 74.3 Å². The van der Waals surface area contributed by atoms with Crippen LogP contribution in [0.3, 0.4) is 0 Å². The molecule has 0 saturated heterocycles. The first-order valence-electron chi connectivity index (χ1n) is 31.3. The molecule has 9 nitrogen and oxygen atoms in total. The second-order valence-corrected chi connectivity index (χ2v) is 24.0. The van der Waals surface area contributed by atoms with Gasteiger partial charge in [-0.1, -0.05) is 263 Å². The normalized spacial score (nSPS) is 13.9. The Labute approximate surface area is 453 Å². The Kier molecular flexibility index (Phi) is 52.3. The van der Waals surface area contributed by atoms with Crippen LogP contribution in [-0.2, 0) is 27.9 Å². The number of phosphoric ester groups is 1. The lowest BCUT2D eigenvalue weighted by atomic mass is 10.0. The molecule has 0 heterocycles. The molecule has 430 valence electrons. The number of rotatable bonds is 57. The standard InChI is InChI=1S/C63H121N2O7P/c1-7-10-13-16-19-22-25-28-29-30-31-32-33-34-35-38-40-43-46-49-52-55-62(66)64-60(59-71-73(68,69)70-58-57-65(4,5)6)61(54-51-48-45-42-39-36-26-23-20-17-14-11-8-2)72-63(67)56-53-50-47-44-41-37-27-24-21-18-15-12-9-3/h19,22,28-29,51,54,60-61H,7-18,20-21,23-27,30-50,52-53,55-59H2,1-6H3,(H-,64,66,68,69)/p+1/b22-19-,29-28-,54-51-. The van der Waals surface area contributed by atoms with Crippen LogP contribution in [0.2, 0.25) is 0 Å². The fourth-order valence-electron chi connectivity index (χ4n) is 9.21. The van der Waals surface area contributed by atoms with Crippen molar-refractivity contribution < 1.29 is 37.3 Å². The summed E-state index contributed by atoms with van der Waals surface area (Å²) < 4.78 is 30.7. The number of unbranched alkanes of at least 4 members (excludes halogenated alkanes) is 37. The summed E-state index contributed by atoms with van der Waals surface area (Å²) in [4.78, 5) is 37.7. The molecule has 3 atom stereocenters. The third-order valence-corrected chi connectivity index (χ3v) is 15.1. The fraction of sp³-hybridized carbons (Fsp3) is 0.873. The third kappa shape index (κ3) is 54.8. The van der Waals surface area contributed by atoms with Crippen LogP contribution in [0.1, 0.15) is 303 Å². The highest BCUT2D eigenvalue weighted by molar-refractivity contribution is 7.47. The van der Waals surface area contributed by atoms with Gasteiger partial charge >= 0.3 is 13.8 Å². The van der Waals surface area contributed by atoms with Crippen molar-refractivity contribution in [3.05, 3.63) is 36.5 Å². The van der Waals surface area contributed by atoms with Gasteiger partial charge in [-0.2, -0.15) is 0 Å². The molecule has 0 aromatic heterocycles. The lowest BCUT2D eigenvalue weighted by Gasteiger charge is -2.27. The number of likely N-dealkylation sites (N-methyl/N-ethyl adjacent to an activating group) is 1. The van der Waals surface area contributed by atoms with E-state index >= 15 is 0 Å². The van der Waals surface area contributed by atoms with Crippen LogP contribution in [0.4, 0.5) is 0 Å². The number of esters is 1. The Morgan fingerprint density at radius 2 is 0.836 bits per heavy atom. The van der Waals surface area contributed by atoms with Crippen molar-refractivity contribution >= 4 is 19.7 Å². The lowest BCUT2D eigenvalue weighted by molar-refractivity contribution is -0.870. The molecule has 73 heavy (non-hydrogen) atoms. The maximum Gasteiger partial charge on any atom is 0.472 e. The van der Waals surface area contributed by atoms with E-state index in [1.807, 2.05) is 33.3 Å². The first kappa shape index (κ1) is 71.2. The summed E-state index contributed by atoms with van der Waals surface area (Å²) in [5.41, 5.74) is 0. The predicted molar refractivity (Wildman–Crippen MR) is 314 cm³/mol. The zero-order chi connectivity index (χ0) is 53.6. The van der Waals surface area contributed by atoms with Crippen LogP contribution < -0.4 is 5.32 Å². The Morgan fingerprint density at radius 3 is 1.26 bits per heavy atom. The van der Waals surface area contributed by atoms with E-state index in [0.29, 0.717) is 23.9 Å². The summed E-state index contributed by atoms with van der Waals surface area (Å²) in [7, 11) is 1.51. The number of carbonyl (C=O) groups is 2. The molecule has 0 aromatic carbocycles. The number of nitrogens with one attached hydrogen (secondary N) is 1. The molecule has 0 aromatic rings. The van der Waals surface area contributed by atoms with E-state index < -0.39 is 20.0 Å². The first-order chi connectivity index (χ1) is 35.4. The van der Waals surface area contributed by atoms with E-state index in [1.165, 1.54) is 205 Å². The smallest absolute Gasteiger partial charge is 0.456 e. The molecule has 2 N–H and O–H groups in total. The van der Waals surface area contributed by atoms with Gasteiger partial charge in [0, 0.05) is 12.8 Å². The van der Waals surface area contributed by atoms with Gasteiger partial charge in [0.15, 0.2) is 0 Å². The summed E-state index contributed by atoms with van der Waals surface area (Å²) in [6, 6.07) is -0.845. The summed E-state index contributed by atoms with van der Waals surface area (Å²) >= 11 is 0. The zero-order valence-electron chi connectivity index (χ0n) is 49.1. The van der Waals surface area contributed by atoms with Crippen LogP contribution in [0.15, 0.2) is 36.5 Å². The maximum atomic E-state index is 13.5. The van der Waals surface area contributed by atoms with Crippen LogP contribution >= 0.6 is 7.82 Å². The van der Waals surface area contributed by atoms with Gasteiger partial charge in [-0.15, -0.1) is 0 Å². The highest BCUT2D eigenvalue weighted by Crippen LogP contribution is 2.43. The molecule has 1 amide bonds. The number of nitrogens with zero attached hydrogens (tertiary/aromatic N) is 1. The van der Waals surface area contributed by atoms with Gasteiger partial charge in [0.05, 0.1) is 33.8 Å². The van der Waals surface area contributed by atoms with Crippen LogP contribution in [0.5, 0.6) is 0 Å². The van der Waals surface area contributed by atoms with Crippen molar-refractivity contribution in [2.24, 2.45) is 0 Å². The largest absolute Gasteiger partial charge is 0.472 e. The van der Waals surface area contributed by atoms with E-state index in [-0.39, 0.29) is 25.1 Å². The van der Waals surface area contributed by atoms with E-state index in [4.69, 9.17) is 13.8 Å². The minimum Gasteiger partial charge on any atom is -0.456 e. The second-order valence-electron chi connectivity index (χ2n) is 22.6. The molecule has 0 saturated carbocycles. The number of hydrogen-bond acceptors (Lipinski definition) is 6. The van der Waals surface area contributed by atoms with E-state index in [0.717, 1.165) is 64.2 Å². The van der Waals surface area contributed by atoms with E-state index in [2.05, 4.69) is 50.4 Å². The molecule has 0 spiro atoms. The van der Waals surface area contributed by atoms with Crippen molar-refractivity contribution in [1.29, 1.82) is 0 Å². The van der Waals surface area contributed by atoms with Gasteiger partial charge < -0.3 is 19.4 Å². The van der Waals surface area contributed by atoms with Gasteiger partial charge in [0.2, 0.25) is 5.91 Å². The highest BCUT2D eigenvalue weighted by Gasteiger charge is 2.30. The van der Waals surface area contributed by atoms with Gasteiger partial charge in [0.1, 0.15) is 19.3 Å². The first-order valence-corrected chi connectivity index (χ1v) is 32.8. The number of carbonyl (C=O) groups excluding carboxylic acids is 2.